The molecule has 1 radical (unpaired) electrons. The highest BCUT2D eigenvalue weighted by atomic mass is 16.5. The lowest BCUT2D eigenvalue weighted by molar-refractivity contribution is -0.293. The van der Waals surface area contributed by atoms with Crippen molar-refractivity contribution in [2.24, 2.45) is 0 Å². The molecule has 5 nitrogen and oxygen atoms in total. The number of piperidine rings is 1. The highest BCUT2D eigenvalue weighted by Gasteiger charge is 2.47. The van der Waals surface area contributed by atoms with Crippen LogP contribution in [-0.2, 0) is 5.21 Å². The summed E-state index contributed by atoms with van der Waals surface area (Å²) in [4.78, 5) is 15.1. The van der Waals surface area contributed by atoms with E-state index in [4.69, 9.17) is 4.74 Å². The van der Waals surface area contributed by atoms with Crippen LogP contribution in [0.25, 0.3) is 11.1 Å². The van der Waals surface area contributed by atoms with Crippen LogP contribution in [0, 0.1) is 0 Å². The number of nitrogens with zero attached hydrogens (tertiary/aromatic N) is 2. The van der Waals surface area contributed by atoms with E-state index in [1.54, 1.807) is 0 Å². The maximum atomic E-state index is 13.3. The molecule has 0 saturated carbocycles. The molecule has 0 atom stereocenters. The molecule has 0 bridgehead atoms. The fourth-order valence-electron chi connectivity index (χ4n) is 5.83. The molecule has 3 rings (SSSR count). The molecule has 1 saturated heterocycles. The Balaban J connectivity index is 1.49. The molecule has 0 N–H and O–H groups in total. The summed E-state index contributed by atoms with van der Waals surface area (Å²) in [5.41, 5.74) is 1.83. The summed E-state index contributed by atoms with van der Waals surface area (Å²) in [6.45, 7) is 10.9. The van der Waals surface area contributed by atoms with Gasteiger partial charge in [0.05, 0.1) is 6.61 Å². The normalized spacial score (nSPS) is 17.3. The third kappa shape index (κ3) is 8.07. The average Bonchev–Trinajstić information content (AvgIpc) is 2.90. The minimum atomic E-state index is -0.505. The zero-order valence-corrected chi connectivity index (χ0v) is 24.6. The second-order valence-corrected chi connectivity index (χ2v) is 12.3. The van der Waals surface area contributed by atoms with Crippen LogP contribution in [0.2, 0.25) is 0 Å². The van der Waals surface area contributed by atoms with Gasteiger partial charge in [-0.3, -0.25) is 4.79 Å². The van der Waals surface area contributed by atoms with Crippen LogP contribution < -0.4 is 4.74 Å². The van der Waals surface area contributed by atoms with Gasteiger partial charge in [-0.1, -0.05) is 76.1 Å². The van der Waals surface area contributed by atoms with E-state index in [1.807, 2.05) is 76.0 Å². The van der Waals surface area contributed by atoms with Crippen LogP contribution in [0.5, 0.6) is 5.75 Å². The maximum Gasteiger partial charge on any atom is 0.253 e. The average molecular weight is 522 g/mol. The Labute approximate surface area is 231 Å². The second-order valence-electron chi connectivity index (χ2n) is 12.3. The summed E-state index contributed by atoms with van der Waals surface area (Å²) in [6, 6.07) is 16.0. The molecule has 1 aliphatic rings. The maximum absolute atomic E-state index is 13.3. The number of amides is 1. The Morgan fingerprint density at radius 2 is 1.29 bits per heavy atom. The molecule has 5 heteroatoms. The summed E-state index contributed by atoms with van der Waals surface area (Å²) >= 11 is 0. The number of hydrogen-bond donors (Lipinski definition) is 0. The highest BCUT2D eigenvalue weighted by molar-refractivity contribution is 5.94. The van der Waals surface area contributed by atoms with Gasteiger partial charge in [-0.15, -0.1) is 10.3 Å². The molecule has 0 aromatic heterocycles. The Hall–Kier alpha value is -2.37. The number of unbranched alkanes of at least 4 members (excludes halogenated alkanes) is 7. The van der Waals surface area contributed by atoms with Crippen LogP contribution >= 0.6 is 0 Å². The van der Waals surface area contributed by atoms with Crippen LogP contribution in [0.3, 0.4) is 0 Å². The molecule has 1 aliphatic heterocycles. The van der Waals surface area contributed by atoms with Crippen LogP contribution in [0.15, 0.2) is 48.5 Å². The van der Waals surface area contributed by atoms with Crippen molar-refractivity contribution in [2.75, 3.05) is 13.7 Å². The molecular formula is C33H49N2O3. The quantitative estimate of drug-likeness (QED) is 0.249. The van der Waals surface area contributed by atoms with Gasteiger partial charge in [0.15, 0.2) is 0 Å². The number of benzene rings is 2. The Morgan fingerprint density at radius 3 is 1.82 bits per heavy atom. The van der Waals surface area contributed by atoms with Gasteiger partial charge in [0.1, 0.15) is 5.75 Å². The third-order valence-corrected chi connectivity index (χ3v) is 8.02. The number of carbonyl (C=O) groups is 1. The SMILES string of the molecule is CCCCCCCCCCOc1ccc(-c2ccc(C(=O)N(C)C3CC(C)(C)N([O])C(C)(C)C3)cc2)cc1. The molecule has 2 aromatic rings. The van der Waals surface area contributed by atoms with Crippen molar-refractivity contribution in [2.45, 2.75) is 116 Å². The first-order chi connectivity index (χ1) is 18.0. The molecule has 38 heavy (non-hydrogen) atoms. The van der Waals surface area contributed by atoms with Crippen molar-refractivity contribution in [3.05, 3.63) is 54.1 Å². The lowest BCUT2D eigenvalue weighted by Gasteiger charge is -2.51. The van der Waals surface area contributed by atoms with Gasteiger partial charge in [0.2, 0.25) is 0 Å². The van der Waals surface area contributed by atoms with E-state index in [0.717, 1.165) is 29.9 Å². The molecule has 2 aromatic carbocycles. The smallest absolute Gasteiger partial charge is 0.253 e. The largest absolute Gasteiger partial charge is 0.494 e. The predicted molar refractivity (Wildman–Crippen MR) is 156 cm³/mol. The van der Waals surface area contributed by atoms with Gasteiger partial charge in [0.25, 0.3) is 5.91 Å². The molecule has 1 amide bonds. The molecule has 0 aliphatic carbocycles. The monoisotopic (exact) mass is 521 g/mol. The van der Waals surface area contributed by atoms with Gasteiger partial charge in [0, 0.05) is 29.7 Å². The summed E-state index contributed by atoms with van der Waals surface area (Å²) in [7, 11) is 1.86. The van der Waals surface area contributed by atoms with Crippen molar-refractivity contribution >= 4 is 5.91 Å². The van der Waals surface area contributed by atoms with E-state index >= 15 is 0 Å². The first kappa shape index (κ1) is 30.2. The Morgan fingerprint density at radius 1 is 0.816 bits per heavy atom. The van der Waals surface area contributed by atoms with Crippen LogP contribution in [-0.4, -0.2) is 46.6 Å². The molecule has 1 heterocycles. The Bertz CT molecular complexity index is 980. The van der Waals surface area contributed by atoms with E-state index in [1.165, 1.54) is 50.0 Å². The summed E-state index contributed by atoms with van der Waals surface area (Å²) in [5, 5.41) is 13.9. The van der Waals surface area contributed by atoms with Crippen molar-refractivity contribution in [1.82, 2.24) is 9.96 Å². The summed E-state index contributed by atoms with van der Waals surface area (Å²) in [6.07, 6.45) is 11.7. The van der Waals surface area contributed by atoms with Gasteiger partial charge >= 0.3 is 0 Å². The van der Waals surface area contributed by atoms with Gasteiger partial charge < -0.3 is 9.64 Å². The number of hydrogen-bond acceptors (Lipinski definition) is 3. The fraction of sp³-hybridized carbons (Fsp3) is 0.606. The number of ether oxygens (including phenoxy) is 1. The Kier molecular flexibility index (Phi) is 10.8. The van der Waals surface area contributed by atoms with Crippen LogP contribution in [0.1, 0.15) is 109 Å². The molecule has 1 fully saturated rings. The van der Waals surface area contributed by atoms with Crippen LogP contribution in [0.4, 0.5) is 0 Å². The van der Waals surface area contributed by atoms with Gasteiger partial charge in [-0.25, -0.2) is 0 Å². The minimum absolute atomic E-state index is 0.00259. The number of rotatable bonds is 13. The van der Waals surface area contributed by atoms with E-state index in [0.29, 0.717) is 18.4 Å². The predicted octanol–water partition coefficient (Wildman–Crippen LogP) is 8.31. The number of hydroxylamine groups is 2. The summed E-state index contributed by atoms with van der Waals surface area (Å²) < 4.78 is 5.94. The molecular weight excluding hydrogens is 472 g/mol. The van der Waals surface area contributed by atoms with Crippen molar-refractivity contribution in [3.8, 4) is 16.9 Å². The minimum Gasteiger partial charge on any atom is -0.494 e. The molecule has 0 spiro atoms. The van der Waals surface area contributed by atoms with E-state index < -0.39 is 11.1 Å². The summed E-state index contributed by atoms with van der Waals surface area (Å²) in [5.74, 6) is 0.900. The lowest BCUT2D eigenvalue weighted by atomic mass is 9.78. The molecule has 0 unspecified atom stereocenters. The second kappa shape index (κ2) is 13.6. The van der Waals surface area contributed by atoms with E-state index in [9.17, 15) is 10.0 Å². The lowest BCUT2D eigenvalue weighted by Crippen LogP contribution is -2.62. The van der Waals surface area contributed by atoms with E-state index in [2.05, 4.69) is 19.1 Å². The highest BCUT2D eigenvalue weighted by Crippen LogP contribution is 2.39. The van der Waals surface area contributed by atoms with Crippen molar-refractivity contribution < 1.29 is 14.7 Å². The van der Waals surface area contributed by atoms with E-state index in [-0.39, 0.29) is 11.9 Å². The zero-order valence-electron chi connectivity index (χ0n) is 24.6. The molecule has 209 valence electrons. The fourth-order valence-corrected chi connectivity index (χ4v) is 5.83. The first-order valence-electron chi connectivity index (χ1n) is 14.6. The number of carbonyl (C=O) groups excluding carboxylic acids is 1. The van der Waals surface area contributed by atoms with Crippen molar-refractivity contribution in [3.63, 3.8) is 0 Å². The van der Waals surface area contributed by atoms with Gasteiger partial charge in [-0.2, -0.15) is 0 Å². The van der Waals surface area contributed by atoms with Crippen molar-refractivity contribution in [1.29, 1.82) is 0 Å². The third-order valence-electron chi connectivity index (χ3n) is 8.02. The first-order valence-corrected chi connectivity index (χ1v) is 14.6. The van der Waals surface area contributed by atoms with Gasteiger partial charge in [-0.05, 0) is 82.3 Å². The standard InChI is InChI=1S/C33H49N2O3/c1-7-8-9-10-11-12-13-14-23-38-30-21-19-27(20-22-30)26-15-17-28(18-16-26)31(36)34(6)29-24-32(2,3)35(37)33(4,5)25-29/h15-22,29H,7-14,23-25H2,1-6H3. The topological polar surface area (TPSA) is 52.7 Å². The zero-order chi connectivity index (χ0) is 27.8.